The topological polar surface area (TPSA) is 18.5 Å². The number of methoxy groups -OCH3 is 2. The molecule has 0 radical (unpaired) electrons. The van der Waals surface area contributed by atoms with Gasteiger partial charge in [-0.1, -0.05) is 106 Å². The highest BCUT2D eigenvalue weighted by molar-refractivity contribution is 7.63. The summed E-state index contributed by atoms with van der Waals surface area (Å²) in [5.41, 5.74) is 5.67. The number of allylic oxidation sites excluding steroid dienone is 1. The monoisotopic (exact) mass is 538 g/mol. The van der Waals surface area contributed by atoms with Crippen molar-refractivity contribution in [3.05, 3.63) is 58.1 Å². The quantitative estimate of drug-likeness (QED) is 0.291. The van der Waals surface area contributed by atoms with Crippen molar-refractivity contribution < 1.29 is 9.47 Å². The fourth-order valence-electron chi connectivity index (χ4n) is 7.66. The largest absolute Gasteiger partial charge is 0.496 e. The van der Waals surface area contributed by atoms with Crippen molar-refractivity contribution in [3.63, 3.8) is 0 Å². The summed E-state index contributed by atoms with van der Waals surface area (Å²) in [7, 11) is 3.52. The van der Waals surface area contributed by atoms with Crippen LogP contribution in [0.25, 0.3) is 0 Å². The number of benzene rings is 1. The van der Waals surface area contributed by atoms with Crippen LogP contribution in [0.2, 0.25) is 0 Å². The van der Waals surface area contributed by atoms with Crippen LogP contribution in [-0.2, 0) is 9.47 Å². The average Bonchev–Trinajstić information content (AvgIpc) is 2.93. The van der Waals surface area contributed by atoms with E-state index in [1.165, 1.54) is 80.9 Å². The normalized spacial score (nSPS) is 25.8. The third-order valence-electron chi connectivity index (χ3n) is 9.87. The lowest BCUT2D eigenvalue weighted by Crippen LogP contribution is -2.45. The maximum Gasteiger partial charge on any atom is 0.123 e. The molecular weight excluding hydrogens is 483 g/mol. The minimum atomic E-state index is -0.371. The van der Waals surface area contributed by atoms with Crippen LogP contribution in [-0.4, -0.2) is 31.1 Å². The van der Waals surface area contributed by atoms with Crippen molar-refractivity contribution >= 4 is 7.92 Å². The second-order valence-electron chi connectivity index (χ2n) is 13.1. The number of ether oxygens (including phenoxy) is 2. The van der Waals surface area contributed by atoms with E-state index in [0.29, 0.717) is 17.8 Å². The minimum Gasteiger partial charge on any atom is -0.496 e. The second-order valence-corrected chi connectivity index (χ2v) is 15.9. The Morgan fingerprint density at radius 2 is 1.37 bits per heavy atom. The third kappa shape index (κ3) is 5.83. The Morgan fingerprint density at radius 1 is 0.789 bits per heavy atom. The molecule has 2 unspecified atom stereocenters. The molecule has 0 N–H and O–H groups in total. The molecule has 2 saturated carbocycles. The van der Waals surface area contributed by atoms with E-state index in [9.17, 15) is 0 Å². The lowest BCUT2D eigenvalue weighted by Gasteiger charge is -2.50. The molecule has 0 spiro atoms. The molecule has 0 bridgehead atoms. The van der Waals surface area contributed by atoms with Gasteiger partial charge in [-0.2, -0.15) is 0 Å². The summed E-state index contributed by atoms with van der Waals surface area (Å²) in [6, 6.07) is 7.39. The first-order chi connectivity index (χ1) is 18.2. The molecule has 2 nitrogen and oxygen atoms in total. The van der Waals surface area contributed by atoms with Gasteiger partial charge in [-0.05, 0) is 83.6 Å². The first kappa shape index (κ1) is 29.9. The fraction of sp³-hybridized carbons (Fsp3) is 0.714. The molecule has 2 fully saturated rings. The Bertz CT molecular complexity index is 960. The predicted octanol–water partition coefficient (Wildman–Crippen LogP) is 10.6. The summed E-state index contributed by atoms with van der Waals surface area (Å²) in [6.07, 6.45) is 18.6. The smallest absolute Gasteiger partial charge is 0.123 e. The van der Waals surface area contributed by atoms with Gasteiger partial charge >= 0.3 is 0 Å². The summed E-state index contributed by atoms with van der Waals surface area (Å²) >= 11 is 0. The Labute approximate surface area is 235 Å². The standard InChI is InChI=1S/C35H55O2P/c1-24(2)27-19-20-30(31(23-27)25(3)4)33-34(32(36-7)21-22-35(33,37-8)26(5)6)38(28-15-11-9-12-16-28)29-17-13-10-14-18-29/h19-26,28-29,33H,9-18H2,1-8H3. The zero-order valence-electron chi connectivity index (χ0n) is 25.7. The van der Waals surface area contributed by atoms with Gasteiger partial charge in [-0.15, -0.1) is 0 Å². The predicted molar refractivity (Wildman–Crippen MR) is 166 cm³/mol. The molecule has 0 aliphatic heterocycles. The molecule has 1 aromatic carbocycles. The van der Waals surface area contributed by atoms with Crippen molar-refractivity contribution in [1.29, 1.82) is 0 Å². The van der Waals surface area contributed by atoms with Gasteiger partial charge in [0.2, 0.25) is 0 Å². The van der Waals surface area contributed by atoms with Gasteiger partial charge in [-0.3, -0.25) is 0 Å². The summed E-state index contributed by atoms with van der Waals surface area (Å²) in [6.45, 7) is 14.1. The number of hydrogen-bond acceptors (Lipinski definition) is 2. The lowest BCUT2D eigenvalue weighted by atomic mass is 9.69. The molecule has 3 aliphatic carbocycles. The lowest BCUT2D eigenvalue weighted by molar-refractivity contribution is -0.0216. The second kappa shape index (κ2) is 13.0. The molecule has 4 rings (SSSR count). The van der Waals surface area contributed by atoms with Crippen molar-refractivity contribution in [1.82, 2.24) is 0 Å². The first-order valence-corrected chi connectivity index (χ1v) is 17.2. The minimum absolute atomic E-state index is 0.195. The number of rotatable bonds is 9. The van der Waals surface area contributed by atoms with Crippen molar-refractivity contribution in [3.8, 4) is 0 Å². The van der Waals surface area contributed by atoms with Gasteiger partial charge < -0.3 is 9.47 Å². The average molecular weight is 539 g/mol. The van der Waals surface area contributed by atoms with E-state index in [2.05, 4.69) is 71.9 Å². The first-order valence-electron chi connectivity index (χ1n) is 15.7. The molecule has 38 heavy (non-hydrogen) atoms. The van der Waals surface area contributed by atoms with E-state index in [0.717, 1.165) is 17.1 Å². The highest BCUT2D eigenvalue weighted by atomic mass is 31.1. The summed E-state index contributed by atoms with van der Waals surface area (Å²) in [4.78, 5) is 0. The fourth-order valence-corrected chi connectivity index (χ4v) is 11.9. The van der Waals surface area contributed by atoms with Crippen LogP contribution in [0, 0.1) is 5.92 Å². The van der Waals surface area contributed by atoms with Crippen LogP contribution in [0.5, 0.6) is 0 Å². The van der Waals surface area contributed by atoms with Crippen LogP contribution in [0.3, 0.4) is 0 Å². The number of hydrogen-bond donors (Lipinski definition) is 0. The molecule has 0 saturated heterocycles. The third-order valence-corrected chi connectivity index (χ3v) is 13.5. The van der Waals surface area contributed by atoms with E-state index in [-0.39, 0.29) is 19.4 Å². The maximum atomic E-state index is 6.70. The van der Waals surface area contributed by atoms with Crippen LogP contribution >= 0.6 is 7.92 Å². The zero-order chi connectivity index (χ0) is 27.4. The molecule has 3 heteroatoms. The molecule has 212 valence electrons. The molecule has 2 atom stereocenters. The zero-order valence-corrected chi connectivity index (χ0v) is 26.6. The van der Waals surface area contributed by atoms with Gasteiger partial charge in [0.25, 0.3) is 0 Å². The van der Waals surface area contributed by atoms with Gasteiger partial charge in [0, 0.05) is 18.3 Å². The summed E-state index contributed by atoms with van der Waals surface area (Å²) in [5, 5.41) is 1.62. The Kier molecular flexibility index (Phi) is 10.2. The van der Waals surface area contributed by atoms with Gasteiger partial charge in [-0.25, -0.2) is 0 Å². The summed E-state index contributed by atoms with van der Waals surface area (Å²) < 4.78 is 13.1. The van der Waals surface area contributed by atoms with E-state index < -0.39 is 0 Å². The molecular formula is C35H55O2P. The molecule has 0 aromatic heterocycles. The van der Waals surface area contributed by atoms with Crippen molar-refractivity contribution in [2.24, 2.45) is 5.92 Å². The van der Waals surface area contributed by atoms with Gasteiger partial charge in [0.05, 0.1) is 12.7 Å². The van der Waals surface area contributed by atoms with Crippen LogP contribution < -0.4 is 0 Å². The van der Waals surface area contributed by atoms with Gasteiger partial charge in [0.1, 0.15) is 5.76 Å². The van der Waals surface area contributed by atoms with E-state index in [4.69, 9.17) is 9.47 Å². The molecule has 3 aliphatic rings. The van der Waals surface area contributed by atoms with E-state index >= 15 is 0 Å². The molecule has 1 aromatic rings. The van der Waals surface area contributed by atoms with Crippen molar-refractivity contribution in [2.45, 2.75) is 140 Å². The maximum absolute atomic E-state index is 6.70. The van der Waals surface area contributed by atoms with Gasteiger partial charge in [0.15, 0.2) is 0 Å². The van der Waals surface area contributed by atoms with Crippen LogP contribution in [0.15, 0.2) is 41.4 Å². The van der Waals surface area contributed by atoms with E-state index in [1.54, 1.807) is 5.31 Å². The SMILES string of the molecule is COC1=C(P(C2CCCCC2)C2CCCCC2)C(c2ccc(C(C)C)cc2C(C)C)C(OC)(C(C)C)C=C1. The van der Waals surface area contributed by atoms with Crippen molar-refractivity contribution in [2.75, 3.05) is 14.2 Å². The van der Waals surface area contributed by atoms with E-state index in [1.807, 2.05) is 14.2 Å². The van der Waals surface area contributed by atoms with Crippen LogP contribution in [0.1, 0.15) is 140 Å². The highest BCUT2D eigenvalue weighted by Gasteiger charge is 2.51. The molecule has 0 heterocycles. The molecule has 0 amide bonds. The Hall–Kier alpha value is -1.11. The Balaban J connectivity index is 1.99. The summed E-state index contributed by atoms with van der Waals surface area (Å²) in [5.74, 6) is 2.67. The highest BCUT2D eigenvalue weighted by Crippen LogP contribution is 2.68. The Morgan fingerprint density at radius 3 is 1.82 bits per heavy atom. The van der Waals surface area contributed by atoms with Crippen LogP contribution in [0.4, 0.5) is 0 Å².